The Labute approximate surface area is 134 Å². The Morgan fingerprint density at radius 1 is 1.43 bits per heavy atom. The van der Waals surface area contributed by atoms with Gasteiger partial charge in [-0.05, 0) is 35.9 Å². The summed E-state index contributed by atoms with van der Waals surface area (Å²) >= 11 is -0.329. The highest BCUT2D eigenvalue weighted by Gasteiger charge is 2.38. The molecule has 5 nitrogen and oxygen atoms in total. The SMILES string of the molecule is C=Cc1ccc(C(=O)N2CC[C@@H]2C(=O)NO)cc1SC(F)(F)F. The molecule has 1 aromatic carbocycles. The van der Waals surface area contributed by atoms with Gasteiger partial charge in [-0.25, -0.2) is 5.48 Å². The molecule has 1 fully saturated rings. The lowest BCUT2D eigenvalue weighted by Gasteiger charge is -2.39. The van der Waals surface area contributed by atoms with Crippen LogP contribution in [-0.2, 0) is 4.79 Å². The number of hydroxylamine groups is 1. The van der Waals surface area contributed by atoms with E-state index in [9.17, 15) is 22.8 Å². The summed E-state index contributed by atoms with van der Waals surface area (Å²) in [7, 11) is 0. The van der Waals surface area contributed by atoms with E-state index in [2.05, 4.69) is 6.58 Å². The van der Waals surface area contributed by atoms with Crippen LogP contribution in [0.2, 0.25) is 0 Å². The Morgan fingerprint density at radius 3 is 2.61 bits per heavy atom. The van der Waals surface area contributed by atoms with Crippen LogP contribution in [0.4, 0.5) is 13.2 Å². The summed E-state index contributed by atoms with van der Waals surface area (Å²) in [6.07, 6.45) is 1.65. The molecule has 0 aromatic heterocycles. The van der Waals surface area contributed by atoms with Crippen LogP contribution < -0.4 is 5.48 Å². The summed E-state index contributed by atoms with van der Waals surface area (Å²) in [5.41, 5.74) is -2.72. The van der Waals surface area contributed by atoms with Crippen molar-refractivity contribution in [3.05, 3.63) is 35.9 Å². The highest BCUT2D eigenvalue weighted by Crippen LogP contribution is 2.39. The highest BCUT2D eigenvalue weighted by molar-refractivity contribution is 8.00. The molecule has 0 unspecified atom stereocenters. The van der Waals surface area contributed by atoms with Crippen molar-refractivity contribution in [1.29, 1.82) is 0 Å². The van der Waals surface area contributed by atoms with Gasteiger partial charge in [-0.15, -0.1) is 0 Å². The van der Waals surface area contributed by atoms with Crippen molar-refractivity contribution in [1.82, 2.24) is 10.4 Å². The average Bonchev–Trinajstić information content (AvgIpc) is 2.44. The molecule has 2 amide bonds. The van der Waals surface area contributed by atoms with E-state index in [4.69, 9.17) is 5.21 Å². The smallest absolute Gasteiger partial charge is 0.326 e. The number of hydrogen-bond acceptors (Lipinski definition) is 4. The summed E-state index contributed by atoms with van der Waals surface area (Å²) in [5.74, 6) is -1.29. The minimum atomic E-state index is -4.49. The van der Waals surface area contributed by atoms with Crippen molar-refractivity contribution >= 4 is 29.7 Å². The largest absolute Gasteiger partial charge is 0.446 e. The van der Waals surface area contributed by atoms with E-state index < -0.39 is 23.4 Å². The minimum Gasteiger partial charge on any atom is -0.326 e. The normalized spacial score (nSPS) is 17.4. The molecule has 2 rings (SSSR count). The van der Waals surface area contributed by atoms with Crippen LogP contribution in [0.15, 0.2) is 29.7 Å². The van der Waals surface area contributed by atoms with Gasteiger partial charge in [0.1, 0.15) is 6.04 Å². The molecule has 0 spiro atoms. The maximum absolute atomic E-state index is 12.6. The number of nitrogens with zero attached hydrogens (tertiary/aromatic N) is 1. The minimum absolute atomic E-state index is 0.0396. The summed E-state index contributed by atoms with van der Waals surface area (Å²) in [6, 6.07) is 3.07. The van der Waals surface area contributed by atoms with E-state index in [1.54, 1.807) is 0 Å². The van der Waals surface area contributed by atoms with E-state index in [0.717, 1.165) is 6.07 Å². The van der Waals surface area contributed by atoms with Gasteiger partial charge in [0, 0.05) is 17.0 Å². The number of carbonyl (C=O) groups excluding carboxylic acids is 2. The maximum atomic E-state index is 12.6. The molecule has 1 aromatic rings. The Kier molecular flexibility index (Phi) is 5.00. The van der Waals surface area contributed by atoms with Gasteiger partial charge in [-0.2, -0.15) is 13.2 Å². The van der Waals surface area contributed by atoms with Crippen LogP contribution in [0.3, 0.4) is 0 Å². The number of alkyl halides is 3. The van der Waals surface area contributed by atoms with Crippen LogP contribution >= 0.6 is 11.8 Å². The molecule has 9 heteroatoms. The Hall–Kier alpha value is -2.00. The molecule has 1 saturated heterocycles. The van der Waals surface area contributed by atoms with Crippen molar-refractivity contribution in [2.45, 2.75) is 22.9 Å². The number of halogens is 3. The molecule has 0 bridgehead atoms. The summed E-state index contributed by atoms with van der Waals surface area (Å²) in [5, 5.41) is 8.60. The predicted octanol–water partition coefficient (Wildman–Crippen LogP) is 2.66. The van der Waals surface area contributed by atoms with Crippen molar-refractivity contribution in [2.24, 2.45) is 0 Å². The van der Waals surface area contributed by atoms with Crippen LogP contribution in [-0.4, -0.2) is 40.0 Å². The Morgan fingerprint density at radius 2 is 2.13 bits per heavy atom. The summed E-state index contributed by atoms with van der Waals surface area (Å²) in [6.45, 7) is 3.74. The quantitative estimate of drug-likeness (QED) is 0.500. The molecule has 23 heavy (non-hydrogen) atoms. The zero-order valence-electron chi connectivity index (χ0n) is 11.8. The topological polar surface area (TPSA) is 69.6 Å². The number of carbonyl (C=O) groups is 2. The standard InChI is InChI=1S/C14H13F3N2O3S/c1-2-8-3-4-9(7-11(8)23-14(15,16)17)13(21)19-6-5-10(19)12(20)18-22/h2-4,7,10,22H,1,5-6H2,(H,18,20)/t10-/m1/s1. The van der Waals surface area contributed by atoms with Gasteiger partial charge in [0.25, 0.3) is 11.8 Å². The van der Waals surface area contributed by atoms with Crippen molar-refractivity contribution in [3.8, 4) is 0 Å². The molecule has 124 valence electrons. The fourth-order valence-electron chi connectivity index (χ4n) is 2.19. The van der Waals surface area contributed by atoms with Crippen LogP contribution in [0.5, 0.6) is 0 Å². The lowest BCUT2D eigenvalue weighted by atomic mass is 10.00. The van der Waals surface area contributed by atoms with Gasteiger partial charge in [-0.1, -0.05) is 18.7 Å². The number of hydrogen-bond donors (Lipinski definition) is 2. The number of benzene rings is 1. The molecule has 1 atom stereocenters. The molecule has 0 aliphatic carbocycles. The van der Waals surface area contributed by atoms with Gasteiger partial charge >= 0.3 is 5.51 Å². The van der Waals surface area contributed by atoms with Crippen molar-refractivity contribution in [2.75, 3.05) is 6.54 Å². The van der Waals surface area contributed by atoms with Crippen molar-refractivity contribution < 1.29 is 28.0 Å². The summed E-state index contributed by atoms with van der Waals surface area (Å²) < 4.78 is 37.8. The molecule has 1 heterocycles. The van der Waals surface area contributed by atoms with E-state index in [1.165, 1.54) is 28.6 Å². The zero-order chi connectivity index (χ0) is 17.2. The second-order valence-electron chi connectivity index (χ2n) is 4.78. The number of rotatable bonds is 4. The molecule has 1 aliphatic heterocycles. The predicted molar refractivity (Wildman–Crippen MR) is 77.8 cm³/mol. The lowest BCUT2D eigenvalue weighted by molar-refractivity contribution is -0.137. The third kappa shape index (κ3) is 3.85. The Bertz CT molecular complexity index is 649. The molecule has 1 aliphatic rings. The van der Waals surface area contributed by atoms with E-state index in [1.807, 2.05) is 0 Å². The third-order valence-corrected chi connectivity index (χ3v) is 4.20. The lowest BCUT2D eigenvalue weighted by Crippen LogP contribution is -2.57. The van der Waals surface area contributed by atoms with E-state index in [0.29, 0.717) is 13.0 Å². The average molecular weight is 346 g/mol. The second kappa shape index (κ2) is 6.63. The maximum Gasteiger partial charge on any atom is 0.446 e. The fraction of sp³-hybridized carbons (Fsp3) is 0.286. The van der Waals surface area contributed by atoms with E-state index >= 15 is 0 Å². The zero-order valence-corrected chi connectivity index (χ0v) is 12.6. The first-order chi connectivity index (χ1) is 10.8. The van der Waals surface area contributed by atoms with Crippen molar-refractivity contribution in [3.63, 3.8) is 0 Å². The van der Waals surface area contributed by atoms with Gasteiger partial charge in [0.15, 0.2) is 0 Å². The monoisotopic (exact) mass is 346 g/mol. The number of amides is 2. The Balaban J connectivity index is 2.26. The number of likely N-dealkylation sites (tertiary alicyclic amines) is 1. The van der Waals surface area contributed by atoms with E-state index in [-0.39, 0.29) is 27.8 Å². The van der Waals surface area contributed by atoms with Gasteiger partial charge < -0.3 is 4.90 Å². The molecular formula is C14H13F3N2O3S. The summed E-state index contributed by atoms with van der Waals surface area (Å²) in [4.78, 5) is 24.8. The first-order valence-corrected chi connectivity index (χ1v) is 7.35. The number of thioether (sulfide) groups is 1. The molecule has 0 radical (unpaired) electrons. The second-order valence-corrected chi connectivity index (χ2v) is 5.89. The third-order valence-electron chi connectivity index (χ3n) is 3.40. The fourth-order valence-corrected chi connectivity index (χ4v) is 2.90. The van der Waals surface area contributed by atoms with Crippen LogP contribution in [0.1, 0.15) is 22.3 Å². The van der Waals surface area contributed by atoms with Crippen LogP contribution in [0.25, 0.3) is 6.08 Å². The molecule has 0 saturated carbocycles. The molecular weight excluding hydrogens is 333 g/mol. The first-order valence-electron chi connectivity index (χ1n) is 6.54. The first kappa shape index (κ1) is 17.4. The van der Waals surface area contributed by atoms with Crippen LogP contribution in [0, 0.1) is 0 Å². The van der Waals surface area contributed by atoms with Gasteiger partial charge in [-0.3, -0.25) is 14.8 Å². The van der Waals surface area contributed by atoms with Gasteiger partial charge in [0.2, 0.25) is 0 Å². The molecule has 2 N–H and O–H groups in total. The van der Waals surface area contributed by atoms with Gasteiger partial charge in [0.05, 0.1) is 0 Å². The highest BCUT2D eigenvalue weighted by atomic mass is 32.2. The number of nitrogens with one attached hydrogen (secondary N) is 1.